The lowest BCUT2D eigenvalue weighted by atomic mass is 10.0. The maximum Gasteiger partial charge on any atom is 0.221 e. The molecule has 2 aliphatic heterocycles. The number of pyridine rings is 1. The van der Waals surface area contributed by atoms with Crippen LogP contribution < -0.4 is 10.2 Å². The van der Waals surface area contributed by atoms with E-state index in [9.17, 15) is 4.79 Å². The first-order chi connectivity index (χ1) is 17.5. The van der Waals surface area contributed by atoms with Crippen molar-refractivity contribution in [3.8, 4) is 11.1 Å². The molecule has 6 rings (SSSR count). The zero-order valence-electron chi connectivity index (χ0n) is 20.9. The van der Waals surface area contributed by atoms with Gasteiger partial charge in [0, 0.05) is 76.5 Å². The fourth-order valence-electron chi connectivity index (χ4n) is 5.56. The number of piperazine rings is 1. The maximum atomic E-state index is 11.6. The molecule has 4 aromatic rings. The molecule has 1 amide bonds. The van der Waals surface area contributed by atoms with Crippen molar-refractivity contribution in [1.82, 2.24) is 29.4 Å². The van der Waals surface area contributed by atoms with Crippen LogP contribution in [0.3, 0.4) is 0 Å². The number of carbonyl (C=O) groups is 1. The number of benzene rings is 1. The highest BCUT2D eigenvalue weighted by atomic mass is 16.1. The van der Waals surface area contributed by atoms with E-state index in [1.54, 1.807) is 6.20 Å². The SMILES string of the molecule is CC(=O)Nc1ccc2nccc(-c3cnn4cc(N5CCC(N6CCN(C)CC6)CC5)cnc34)c2c1.[HH]. The second-order valence-electron chi connectivity index (χ2n) is 9.97. The molecule has 0 atom stereocenters. The summed E-state index contributed by atoms with van der Waals surface area (Å²) in [7, 11) is 2.21. The Bertz CT molecular complexity index is 1410. The standard InChI is InChI=1S/C27H32N8O.H2/c1-19(36)31-20-3-4-26-24(15-20)23(5-8-28-26)25-17-30-35-18-22(16-29-27(25)35)33-9-6-21(7-10-33)34-13-11-32(2)12-14-34;/h3-5,8,15-18,21H,6-7,9-14H2,1-2H3,(H,31,36);1H. The molecule has 5 heterocycles. The zero-order chi connectivity index (χ0) is 24.6. The first kappa shape index (κ1) is 22.9. The normalized spacial score (nSPS) is 18.2. The Morgan fingerprint density at radius 3 is 2.58 bits per heavy atom. The third kappa shape index (κ3) is 4.40. The number of fused-ring (bicyclic) bond motifs is 2. The largest absolute Gasteiger partial charge is 0.369 e. The quantitative estimate of drug-likeness (QED) is 0.474. The van der Waals surface area contributed by atoms with Gasteiger partial charge in [-0.15, -0.1) is 0 Å². The van der Waals surface area contributed by atoms with E-state index in [2.05, 4.69) is 43.3 Å². The summed E-state index contributed by atoms with van der Waals surface area (Å²) >= 11 is 0. The van der Waals surface area contributed by atoms with E-state index in [0.717, 1.165) is 52.1 Å². The van der Waals surface area contributed by atoms with Gasteiger partial charge in [-0.05, 0) is 49.7 Å². The van der Waals surface area contributed by atoms with Gasteiger partial charge in [0.15, 0.2) is 5.65 Å². The van der Waals surface area contributed by atoms with Crippen molar-refractivity contribution < 1.29 is 6.22 Å². The minimum absolute atomic E-state index is 0. The van der Waals surface area contributed by atoms with E-state index in [1.165, 1.54) is 45.9 Å². The number of nitrogens with one attached hydrogen (secondary N) is 1. The van der Waals surface area contributed by atoms with E-state index >= 15 is 0 Å². The molecule has 1 N–H and O–H groups in total. The molecule has 2 aliphatic rings. The number of piperidine rings is 1. The number of rotatable bonds is 4. The lowest BCUT2D eigenvalue weighted by Gasteiger charge is -2.42. The van der Waals surface area contributed by atoms with Gasteiger partial charge < -0.3 is 15.1 Å². The monoisotopic (exact) mass is 486 g/mol. The van der Waals surface area contributed by atoms with E-state index in [-0.39, 0.29) is 7.33 Å². The maximum absolute atomic E-state index is 11.6. The van der Waals surface area contributed by atoms with Crippen LogP contribution in [0.15, 0.2) is 49.1 Å². The summed E-state index contributed by atoms with van der Waals surface area (Å²) in [5.74, 6) is -0.0995. The molecule has 2 fully saturated rings. The molecule has 0 radical (unpaired) electrons. The van der Waals surface area contributed by atoms with Crippen LogP contribution in [0.1, 0.15) is 21.2 Å². The Kier molecular flexibility index (Phi) is 6.02. The lowest BCUT2D eigenvalue weighted by molar-refractivity contribution is -0.114. The van der Waals surface area contributed by atoms with Crippen LogP contribution in [0.25, 0.3) is 27.7 Å². The third-order valence-corrected chi connectivity index (χ3v) is 7.58. The Balaban J connectivity index is 0.00000280. The molecule has 9 heteroatoms. The minimum Gasteiger partial charge on any atom is -0.369 e. The van der Waals surface area contributed by atoms with Gasteiger partial charge in [0.1, 0.15) is 0 Å². The molecule has 188 valence electrons. The van der Waals surface area contributed by atoms with Gasteiger partial charge in [0.05, 0.1) is 29.8 Å². The predicted octanol–water partition coefficient (Wildman–Crippen LogP) is 3.37. The molecule has 2 saturated heterocycles. The van der Waals surface area contributed by atoms with E-state index in [0.29, 0.717) is 6.04 Å². The Labute approximate surface area is 212 Å². The van der Waals surface area contributed by atoms with Crippen LogP contribution in [0.4, 0.5) is 11.4 Å². The third-order valence-electron chi connectivity index (χ3n) is 7.58. The Morgan fingerprint density at radius 1 is 1.00 bits per heavy atom. The summed E-state index contributed by atoms with van der Waals surface area (Å²) in [5, 5.41) is 8.46. The van der Waals surface area contributed by atoms with Gasteiger partial charge in [-0.2, -0.15) is 5.10 Å². The zero-order valence-corrected chi connectivity index (χ0v) is 20.9. The van der Waals surface area contributed by atoms with Crippen molar-refractivity contribution in [1.29, 1.82) is 0 Å². The van der Waals surface area contributed by atoms with Crippen LogP contribution in [0, 0.1) is 0 Å². The topological polar surface area (TPSA) is 81.9 Å². The molecule has 36 heavy (non-hydrogen) atoms. The summed E-state index contributed by atoms with van der Waals surface area (Å²) < 4.78 is 1.88. The van der Waals surface area contributed by atoms with Crippen LogP contribution in [0.2, 0.25) is 0 Å². The Hall–Kier alpha value is -3.56. The van der Waals surface area contributed by atoms with Gasteiger partial charge in [0.25, 0.3) is 0 Å². The average Bonchev–Trinajstić information content (AvgIpc) is 3.32. The van der Waals surface area contributed by atoms with Crippen molar-refractivity contribution in [3.63, 3.8) is 0 Å². The average molecular weight is 487 g/mol. The number of likely N-dealkylation sites (N-methyl/N-ethyl adjacent to an activating group) is 1. The summed E-state index contributed by atoms with van der Waals surface area (Å²) in [5.41, 5.74) is 5.47. The minimum atomic E-state index is -0.0995. The van der Waals surface area contributed by atoms with E-state index < -0.39 is 0 Å². The summed E-state index contributed by atoms with van der Waals surface area (Å²) in [6.07, 6.45) is 10.1. The highest BCUT2D eigenvalue weighted by Crippen LogP contribution is 2.32. The van der Waals surface area contributed by atoms with Crippen molar-refractivity contribution in [2.24, 2.45) is 0 Å². The van der Waals surface area contributed by atoms with Gasteiger partial charge in [0.2, 0.25) is 5.91 Å². The van der Waals surface area contributed by atoms with Crippen molar-refractivity contribution in [3.05, 3.63) is 49.1 Å². The molecule has 3 aromatic heterocycles. The fraction of sp³-hybridized carbons (Fsp3) is 0.407. The summed E-state index contributed by atoms with van der Waals surface area (Å²) in [4.78, 5) is 28.4. The number of aromatic nitrogens is 4. The van der Waals surface area contributed by atoms with Crippen molar-refractivity contribution in [2.75, 3.05) is 56.5 Å². The first-order valence-corrected chi connectivity index (χ1v) is 12.7. The smallest absolute Gasteiger partial charge is 0.221 e. The highest BCUT2D eigenvalue weighted by Gasteiger charge is 2.27. The second kappa shape index (κ2) is 9.48. The molecule has 0 spiro atoms. The Morgan fingerprint density at radius 2 is 1.81 bits per heavy atom. The molecule has 0 bridgehead atoms. The molecular formula is C27H34N8O. The van der Waals surface area contributed by atoms with Crippen molar-refractivity contribution in [2.45, 2.75) is 25.8 Å². The molecular weight excluding hydrogens is 452 g/mol. The van der Waals surface area contributed by atoms with E-state index in [1.807, 2.05) is 41.2 Å². The first-order valence-electron chi connectivity index (χ1n) is 12.7. The molecule has 0 aliphatic carbocycles. The van der Waals surface area contributed by atoms with E-state index in [4.69, 9.17) is 4.98 Å². The molecule has 1 aromatic carbocycles. The van der Waals surface area contributed by atoms with Gasteiger partial charge in [-0.1, -0.05) is 0 Å². The van der Waals surface area contributed by atoms with Crippen LogP contribution in [-0.4, -0.2) is 87.6 Å². The van der Waals surface area contributed by atoms with Gasteiger partial charge in [-0.3, -0.25) is 14.7 Å². The lowest BCUT2D eigenvalue weighted by Crippen LogP contribution is -2.52. The van der Waals surface area contributed by atoms with Gasteiger partial charge >= 0.3 is 0 Å². The number of amides is 1. The molecule has 9 nitrogen and oxygen atoms in total. The van der Waals surface area contributed by atoms with Crippen LogP contribution >= 0.6 is 0 Å². The second-order valence-corrected chi connectivity index (χ2v) is 9.97. The predicted molar refractivity (Wildman–Crippen MR) is 144 cm³/mol. The number of hydrogen-bond acceptors (Lipinski definition) is 7. The van der Waals surface area contributed by atoms with Crippen LogP contribution in [-0.2, 0) is 4.79 Å². The number of hydrogen-bond donors (Lipinski definition) is 1. The number of nitrogens with zero attached hydrogens (tertiary/aromatic N) is 7. The van der Waals surface area contributed by atoms with Crippen molar-refractivity contribution >= 4 is 33.8 Å². The number of carbonyl (C=O) groups excluding carboxylic acids is 1. The molecule has 0 saturated carbocycles. The van der Waals surface area contributed by atoms with Gasteiger partial charge in [-0.25, -0.2) is 9.50 Å². The molecule has 0 unspecified atom stereocenters. The summed E-state index contributed by atoms with van der Waals surface area (Å²) in [6, 6.07) is 8.42. The fourth-order valence-corrected chi connectivity index (χ4v) is 5.56. The summed E-state index contributed by atoms with van der Waals surface area (Å²) in [6.45, 7) is 8.30. The van der Waals surface area contributed by atoms with Crippen LogP contribution in [0.5, 0.6) is 0 Å². The highest BCUT2D eigenvalue weighted by molar-refractivity contribution is 6.00. The number of anilines is 2.